The number of halogens is 1. The molecule has 0 fully saturated rings. The van der Waals surface area contributed by atoms with Gasteiger partial charge in [-0.15, -0.1) is 0 Å². The Morgan fingerprint density at radius 3 is 2.62 bits per heavy atom. The van der Waals surface area contributed by atoms with E-state index in [1.165, 1.54) is 5.56 Å². The zero-order valence-electron chi connectivity index (χ0n) is 14.3. The van der Waals surface area contributed by atoms with Gasteiger partial charge in [0.15, 0.2) is 11.8 Å². The first kappa shape index (κ1) is 15.4. The molecule has 0 amide bonds. The molecule has 2 aromatic rings. The summed E-state index contributed by atoms with van der Waals surface area (Å²) in [6, 6.07) is 16.0. The summed E-state index contributed by atoms with van der Waals surface area (Å²) in [6.07, 6.45) is 0.0960. The predicted octanol–water partition coefficient (Wildman–Crippen LogP) is 4.80. The Morgan fingerprint density at radius 2 is 1.88 bits per heavy atom. The topological polar surface area (TPSA) is 21.6 Å². The Labute approximate surface area is 142 Å². The second kappa shape index (κ2) is 5.17. The Hall–Kier alpha value is -2.16. The molecule has 2 atom stereocenters. The van der Waals surface area contributed by atoms with Crippen LogP contribution in [0, 0.1) is 12.3 Å². The van der Waals surface area contributed by atoms with Crippen molar-refractivity contribution in [3.05, 3.63) is 70.8 Å². The molecular weight excluding hydrogens is 301 g/mol. The molecule has 0 radical (unpaired) electrons. The van der Waals surface area contributed by atoms with Crippen LogP contribution in [0.4, 0.5) is 4.39 Å². The summed E-state index contributed by atoms with van der Waals surface area (Å²) in [6.45, 7) is 6.14. The molecule has 0 spiro atoms. The minimum Gasteiger partial charge on any atom is -0.466 e. The molecule has 1 heterocycles. The smallest absolute Gasteiger partial charge is 0.216 e. The number of nitrogens with zero attached hydrogens (tertiary/aromatic N) is 1. The van der Waals surface area contributed by atoms with Gasteiger partial charge >= 0.3 is 0 Å². The number of aliphatic imine (C=N–C) groups is 1. The van der Waals surface area contributed by atoms with E-state index in [1.807, 2.05) is 51.1 Å². The van der Waals surface area contributed by atoms with E-state index < -0.39 is 17.2 Å². The first-order chi connectivity index (χ1) is 11.4. The molecule has 0 saturated carbocycles. The van der Waals surface area contributed by atoms with E-state index in [0.29, 0.717) is 12.3 Å². The zero-order chi connectivity index (χ0) is 16.9. The molecule has 3 heteroatoms. The maximum Gasteiger partial charge on any atom is 0.216 e. The average molecular weight is 323 g/mol. The van der Waals surface area contributed by atoms with Crippen molar-refractivity contribution < 1.29 is 9.13 Å². The van der Waals surface area contributed by atoms with Crippen molar-refractivity contribution in [2.75, 3.05) is 6.54 Å². The van der Waals surface area contributed by atoms with Crippen LogP contribution < -0.4 is 0 Å². The highest BCUT2D eigenvalue weighted by atomic mass is 19.1. The molecule has 124 valence electrons. The summed E-state index contributed by atoms with van der Waals surface area (Å²) < 4.78 is 22.2. The normalized spacial score (nSPS) is 27.5. The number of aryl methyl sites for hydroxylation is 1. The number of ether oxygens (including phenoxy) is 1. The van der Waals surface area contributed by atoms with E-state index in [4.69, 9.17) is 4.74 Å². The summed E-state index contributed by atoms with van der Waals surface area (Å²) in [4.78, 5) is 4.47. The maximum atomic E-state index is 16.1. The fraction of sp³-hybridized carbons (Fsp3) is 0.381. The summed E-state index contributed by atoms with van der Waals surface area (Å²) >= 11 is 0. The van der Waals surface area contributed by atoms with Crippen molar-refractivity contribution in [1.82, 2.24) is 0 Å². The molecule has 0 aromatic heterocycles. The number of hydrogen-bond acceptors (Lipinski definition) is 2. The first-order valence-corrected chi connectivity index (χ1v) is 8.46. The van der Waals surface area contributed by atoms with Crippen LogP contribution in [0.5, 0.6) is 0 Å². The van der Waals surface area contributed by atoms with Crippen molar-refractivity contribution in [3.63, 3.8) is 0 Å². The molecule has 0 N–H and O–H groups in total. The van der Waals surface area contributed by atoms with Crippen molar-refractivity contribution >= 4 is 5.90 Å². The van der Waals surface area contributed by atoms with Crippen LogP contribution in [0.3, 0.4) is 0 Å². The van der Waals surface area contributed by atoms with Crippen LogP contribution in [0.1, 0.15) is 42.2 Å². The van der Waals surface area contributed by atoms with E-state index in [1.54, 1.807) is 0 Å². The van der Waals surface area contributed by atoms with Gasteiger partial charge in [-0.1, -0.05) is 55.8 Å². The average Bonchev–Trinajstić information content (AvgIpc) is 2.57. The molecule has 0 saturated heterocycles. The third-order valence-corrected chi connectivity index (χ3v) is 5.46. The molecule has 4 rings (SSSR count). The van der Waals surface area contributed by atoms with E-state index in [9.17, 15) is 0 Å². The molecule has 2 nitrogen and oxygen atoms in total. The second-order valence-electron chi connectivity index (χ2n) is 7.61. The molecule has 2 aromatic carbocycles. The number of rotatable bonds is 1. The standard InChI is InChI=1S/C21H22FNO/c1-14-9-10-16-12-20(2,3)21(22)13-23-19(15-7-5-4-6-8-15)24-18(21)17(16)11-14/h4-11,18H,12-13H2,1-3H3/t18-,21+/m1/s1. The maximum absolute atomic E-state index is 16.1. The Kier molecular flexibility index (Phi) is 3.31. The van der Waals surface area contributed by atoms with Crippen molar-refractivity contribution in [2.24, 2.45) is 10.4 Å². The van der Waals surface area contributed by atoms with Crippen LogP contribution in [0.25, 0.3) is 0 Å². The molecule has 24 heavy (non-hydrogen) atoms. The predicted molar refractivity (Wildman–Crippen MR) is 94.2 cm³/mol. The summed E-state index contributed by atoms with van der Waals surface area (Å²) in [5.41, 5.74) is 2.16. The van der Waals surface area contributed by atoms with Gasteiger partial charge in [-0.2, -0.15) is 0 Å². The van der Waals surface area contributed by atoms with Crippen LogP contribution in [-0.4, -0.2) is 18.1 Å². The lowest BCUT2D eigenvalue weighted by molar-refractivity contribution is -0.0966. The van der Waals surface area contributed by atoms with Gasteiger partial charge in [-0.3, -0.25) is 0 Å². The summed E-state index contributed by atoms with van der Waals surface area (Å²) in [5, 5.41) is 0. The largest absolute Gasteiger partial charge is 0.466 e. The zero-order valence-corrected chi connectivity index (χ0v) is 14.3. The quantitative estimate of drug-likeness (QED) is 0.738. The van der Waals surface area contributed by atoms with Gasteiger partial charge in [0.25, 0.3) is 0 Å². The molecule has 1 aliphatic heterocycles. The number of benzene rings is 2. The van der Waals surface area contributed by atoms with Gasteiger partial charge in [0.2, 0.25) is 5.90 Å². The van der Waals surface area contributed by atoms with Gasteiger partial charge in [-0.25, -0.2) is 9.38 Å². The monoisotopic (exact) mass is 323 g/mol. The fourth-order valence-corrected chi connectivity index (χ4v) is 3.87. The van der Waals surface area contributed by atoms with E-state index >= 15 is 4.39 Å². The lowest BCUT2D eigenvalue weighted by Gasteiger charge is -2.50. The van der Waals surface area contributed by atoms with E-state index in [-0.39, 0.29) is 6.54 Å². The highest BCUT2D eigenvalue weighted by Gasteiger charge is 2.58. The fourth-order valence-electron chi connectivity index (χ4n) is 3.87. The van der Waals surface area contributed by atoms with E-state index in [2.05, 4.69) is 23.2 Å². The van der Waals surface area contributed by atoms with Crippen LogP contribution in [-0.2, 0) is 11.2 Å². The molecular formula is C21H22FNO. The summed E-state index contributed by atoms with van der Waals surface area (Å²) in [7, 11) is 0. The van der Waals surface area contributed by atoms with Gasteiger partial charge in [0, 0.05) is 11.0 Å². The van der Waals surface area contributed by atoms with E-state index in [0.717, 1.165) is 16.7 Å². The number of hydrogen-bond donors (Lipinski definition) is 0. The van der Waals surface area contributed by atoms with Crippen LogP contribution >= 0.6 is 0 Å². The highest BCUT2D eigenvalue weighted by molar-refractivity contribution is 5.94. The molecule has 1 aliphatic carbocycles. The lowest BCUT2D eigenvalue weighted by atomic mass is 9.62. The van der Waals surface area contributed by atoms with Crippen molar-refractivity contribution in [2.45, 2.75) is 39.0 Å². The molecule has 0 unspecified atom stereocenters. The van der Waals surface area contributed by atoms with Gasteiger partial charge in [-0.05, 0) is 36.6 Å². The Balaban J connectivity index is 1.83. The minimum atomic E-state index is -1.49. The SMILES string of the molecule is Cc1ccc2c(c1)[C@H]1OC(c3ccccc3)=NC[C@@]1(F)C(C)(C)C2. The van der Waals surface area contributed by atoms with Crippen LogP contribution in [0.2, 0.25) is 0 Å². The van der Waals surface area contributed by atoms with Gasteiger partial charge in [0.05, 0.1) is 6.54 Å². The second-order valence-corrected chi connectivity index (χ2v) is 7.61. The van der Waals surface area contributed by atoms with Crippen molar-refractivity contribution in [3.8, 4) is 0 Å². The van der Waals surface area contributed by atoms with Crippen molar-refractivity contribution in [1.29, 1.82) is 0 Å². The highest BCUT2D eigenvalue weighted by Crippen LogP contribution is 2.54. The van der Waals surface area contributed by atoms with Crippen LogP contribution in [0.15, 0.2) is 53.5 Å². The summed E-state index contributed by atoms with van der Waals surface area (Å²) in [5.74, 6) is 0.541. The van der Waals surface area contributed by atoms with Gasteiger partial charge in [0.1, 0.15) is 0 Å². The molecule has 2 aliphatic rings. The first-order valence-electron chi connectivity index (χ1n) is 8.46. The van der Waals surface area contributed by atoms with Gasteiger partial charge < -0.3 is 4.74 Å². The lowest BCUT2D eigenvalue weighted by Crippen LogP contribution is -2.55. The minimum absolute atomic E-state index is 0.141. The third kappa shape index (κ3) is 2.18. The number of alkyl halides is 1. The number of fused-ring (bicyclic) bond motifs is 3. The molecule has 0 bridgehead atoms. The Bertz CT molecular complexity index is 812. The Morgan fingerprint density at radius 1 is 1.12 bits per heavy atom. The third-order valence-electron chi connectivity index (χ3n) is 5.46.